The van der Waals surface area contributed by atoms with Crippen LogP contribution in [0.4, 0.5) is 5.82 Å². The van der Waals surface area contributed by atoms with Gasteiger partial charge in [-0.1, -0.05) is 26.0 Å². The Hall–Kier alpha value is -2.83. The van der Waals surface area contributed by atoms with E-state index < -0.39 is 0 Å². The normalized spacial score (nSPS) is 11.3. The summed E-state index contributed by atoms with van der Waals surface area (Å²) in [4.78, 5) is 24.8. The van der Waals surface area contributed by atoms with Gasteiger partial charge in [-0.25, -0.2) is 9.48 Å². The molecule has 0 spiro atoms. The van der Waals surface area contributed by atoms with Gasteiger partial charge in [-0.05, 0) is 18.1 Å². The summed E-state index contributed by atoms with van der Waals surface area (Å²) in [6.07, 6.45) is 1.65. The number of nitrogens with zero attached hydrogens (tertiary/aromatic N) is 4. The molecule has 0 aliphatic rings. The number of imidazole rings is 1. The highest BCUT2D eigenvalue weighted by molar-refractivity contribution is 5.90. The highest BCUT2D eigenvalue weighted by Gasteiger charge is 2.14. The third-order valence-corrected chi connectivity index (χ3v) is 3.88. The molecule has 0 saturated carbocycles. The Bertz CT molecular complexity index is 932. The molecular formula is C17H21N5O2. The molecule has 0 atom stereocenters. The van der Waals surface area contributed by atoms with E-state index in [1.165, 1.54) is 4.57 Å². The summed E-state index contributed by atoms with van der Waals surface area (Å²) in [5.74, 6) is 0.808. The van der Waals surface area contributed by atoms with Crippen LogP contribution in [0.1, 0.15) is 13.8 Å². The fourth-order valence-corrected chi connectivity index (χ4v) is 2.77. The van der Waals surface area contributed by atoms with Crippen molar-refractivity contribution in [2.75, 3.05) is 5.32 Å². The Kier molecular flexibility index (Phi) is 4.24. The summed E-state index contributed by atoms with van der Waals surface area (Å²) in [5.41, 5.74) is 1.35. The van der Waals surface area contributed by atoms with Crippen LogP contribution < -0.4 is 11.0 Å². The lowest BCUT2D eigenvalue weighted by Gasteiger charge is -2.11. The van der Waals surface area contributed by atoms with E-state index in [0.717, 1.165) is 17.6 Å². The minimum atomic E-state index is -0.251. The van der Waals surface area contributed by atoms with E-state index in [1.54, 1.807) is 28.6 Å². The third kappa shape index (κ3) is 2.97. The van der Waals surface area contributed by atoms with Crippen LogP contribution in [0.2, 0.25) is 0 Å². The average molecular weight is 327 g/mol. The molecule has 0 aliphatic carbocycles. The molecule has 0 radical (unpaired) electrons. The molecule has 0 aliphatic heterocycles. The van der Waals surface area contributed by atoms with Crippen LogP contribution in [-0.2, 0) is 24.9 Å². The number of para-hydroxylation sites is 2. The minimum Gasteiger partial charge on any atom is -0.309 e. The highest BCUT2D eigenvalue weighted by atomic mass is 16.2. The largest absolute Gasteiger partial charge is 0.329 e. The number of amides is 1. The number of carbonyl (C=O) groups excluding carboxylic acids is 1. The Balaban J connectivity index is 1.83. The molecule has 0 bridgehead atoms. The van der Waals surface area contributed by atoms with Crippen molar-refractivity contribution in [3.63, 3.8) is 0 Å². The Labute approximate surface area is 139 Å². The summed E-state index contributed by atoms with van der Waals surface area (Å²) >= 11 is 0. The Morgan fingerprint density at radius 2 is 1.92 bits per heavy atom. The number of aromatic nitrogens is 4. The van der Waals surface area contributed by atoms with Gasteiger partial charge < -0.3 is 5.32 Å². The first-order chi connectivity index (χ1) is 11.5. The van der Waals surface area contributed by atoms with E-state index in [4.69, 9.17) is 0 Å². The zero-order valence-electron chi connectivity index (χ0n) is 14.1. The predicted molar refractivity (Wildman–Crippen MR) is 92.9 cm³/mol. The molecule has 1 N–H and O–H groups in total. The lowest BCUT2D eigenvalue weighted by atomic mass is 10.2. The molecular weight excluding hydrogens is 306 g/mol. The molecule has 0 saturated heterocycles. The average Bonchev–Trinajstić information content (AvgIpc) is 3.06. The van der Waals surface area contributed by atoms with Gasteiger partial charge in [-0.3, -0.25) is 13.9 Å². The van der Waals surface area contributed by atoms with E-state index in [2.05, 4.69) is 24.3 Å². The number of hydrogen-bond acceptors (Lipinski definition) is 3. The maximum absolute atomic E-state index is 12.4. The van der Waals surface area contributed by atoms with Crippen LogP contribution in [-0.4, -0.2) is 24.8 Å². The molecule has 7 heteroatoms. The molecule has 7 nitrogen and oxygen atoms in total. The van der Waals surface area contributed by atoms with Gasteiger partial charge in [0.05, 0.1) is 17.2 Å². The summed E-state index contributed by atoms with van der Waals surface area (Å²) in [5, 5.41) is 7.06. The van der Waals surface area contributed by atoms with E-state index in [0.29, 0.717) is 11.7 Å². The number of fused-ring (bicyclic) bond motifs is 1. The zero-order valence-corrected chi connectivity index (χ0v) is 14.1. The highest BCUT2D eigenvalue weighted by Crippen LogP contribution is 2.13. The first kappa shape index (κ1) is 16.0. The smallest absolute Gasteiger partial charge is 0.309 e. The van der Waals surface area contributed by atoms with Crippen LogP contribution in [0.25, 0.3) is 11.0 Å². The molecule has 0 fully saturated rings. The predicted octanol–water partition coefficient (Wildman–Crippen LogP) is 1.83. The summed E-state index contributed by atoms with van der Waals surface area (Å²) < 4.78 is 4.79. The molecule has 1 amide bonds. The van der Waals surface area contributed by atoms with Gasteiger partial charge in [-0.15, -0.1) is 0 Å². The minimum absolute atomic E-state index is 0.0347. The quantitative estimate of drug-likeness (QED) is 0.777. The van der Waals surface area contributed by atoms with Crippen LogP contribution >= 0.6 is 0 Å². The summed E-state index contributed by atoms with van der Waals surface area (Å²) in [7, 11) is 1.71. The molecule has 1 aromatic carbocycles. The SMILES string of the molecule is CC(C)Cn1nccc1NC(=O)Cn1c(=O)n(C)c2ccccc21. The lowest BCUT2D eigenvalue weighted by molar-refractivity contribution is -0.116. The fraction of sp³-hybridized carbons (Fsp3) is 0.353. The number of carbonyl (C=O) groups is 1. The third-order valence-electron chi connectivity index (χ3n) is 3.88. The van der Waals surface area contributed by atoms with Crippen molar-refractivity contribution >= 4 is 22.8 Å². The molecule has 3 aromatic rings. The number of benzene rings is 1. The molecule has 0 unspecified atom stereocenters. The maximum atomic E-state index is 12.4. The van der Waals surface area contributed by atoms with E-state index in [9.17, 15) is 9.59 Å². The number of rotatable bonds is 5. The number of hydrogen-bond donors (Lipinski definition) is 1. The first-order valence-electron chi connectivity index (χ1n) is 7.93. The van der Waals surface area contributed by atoms with Crippen LogP contribution in [0, 0.1) is 5.92 Å². The van der Waals surface area contributed by atoms with Crippen LogP contribution in [0.15, 0.2) is 41.3 Å². The number of nitrogens with one attached hydrogen (secondary N) is 1. The van der Waals surface area contributed by atoms with Crippen molar-refractivity contribution in [1.82, 2.24) is 18.9 Å². The summed E-state index contributed by atoms with van der Waals surface area (Å²) in [6.45, 7) is 4.86. The summed E-state index contributed by atoms with van der Waals surface area (Å²) in [6, 6.07) is 9.19. The van der Waals surface area contributed by atoms with Crippen molar-refractivity contribution in [2.45, 2.75) is 26.9 Å². The topological polar surface area (TPSA) is 73.8 Å². The van der Waals surface area contributed by atoms with Crippen molar-refractivity contribution in [3.05, 3.63) is 47.0 Å². The lowest BCUT2D eigenvalue weighted by Crippen LogP contribution is -2.29. The van der Waals surface area contributed by atoms with Gasteiger partial charge in [0.25, 0.3) is 0 Å². The first-order valence-corrected chi connectivity index (χ1v) is 7.93. The van der Waals surface area contributed by atoms with Crippen molar-refractivity contribution in [1.29, 1.82) is 0 Å². The monoisotopic (exact) mass is 327 g/mol. The molecule has 3 rings (SSSR count). The second-order valence-electron chi connectivity index (χ2n) is 6.26. The number of aryl methyl sites for hydroxylation is 1. The Morgan fingerprint density at radius 3 is 2.62 bits per heavy atom. The second kappa shape index (κ2) is 6.35. The zero-order chi connectivity index (χ0) is 17.3. The van der Waals surface area contributed by atoms with E-state index in [1.807, 2.05) is 24.3 Å². The van der Waals surface area contributed by atoms with Gasteiger partial charge in [0.15, 0.2) is 0 Å². The Morgan fingerprint density at radius 1 is 1.21 bits per heavy atom. The van der Waals surface area contributed by atoms with Gasteiger partial charge in [-0.2, -0.15) is 5.10 Å². The van der Waals surface area contributed by atoms with Gasteiger partial charge in [0, 0.05) is 19.7 Å². The van der Waals surface area contributed by atoms with Gasteiger partial charge in [0.1, 0.15) is 12.4 Å². The van der Waals surface area contributed by atoms with Crippen LogP contribution in [0.3, 0.4) is 0 Å². The number of anilines is 1. The van der Waals surface area contributed by atoms with Crippen molar-refractivity contribution in [3.8, 4) is 0 Å². The van der Waals surface area contributed by atoms with Crippen molar-refractivity contribution < 1.29 is 4.79 Å². The molecule has 2 aromatic heterocycles. The van der Waals surface area contributed by atoms with Gasteiger partial charge in [0.2, 0.25) is 5.91 Å². The van der Waals surface area contributed by atoms with Gasteiger partial charge >= 0.3 is 5.69 Å². The van der Waals surface area contributed by atoms with E-state index >= 15 is 0 Å². The van der Waals surface area contributed by atoms with Crippen molar-refractivity contribution in [2.24, 2.45) is 13.0 Å². The molecule has 126 valence electrons. The fourth-order valence-electron chi connectivity index (χ4n) is 2.77. The second-order valence-corrected chi connectivity index (χ2v) is 6.26. The maximum Gasteiger partial charge on any atom is 0.329 e. The molecule has 24 heavy (non-hydrogen) atoms. The molecule has 2 heterocycles. The van der Waals surface area contributed by atoms with E-state index in [-0.39, 0.29) is 18.1 Å². The standard InChI is InChI=1S/C17H21N5O2/c1-12(2)10-22-15(8-9-18-22)19-16(23)11-21-14-7-5-4-6-13(14)20(3)17(21)24/h4-9,12H,10-11H2,1-3H3,(H,19,23). The van der Waals surface area contributed by atoms with Crippen LogP contribution in [0.5, 0.6) is 0 Å².